The van der Waals surface area contributed by atoms with E-state index in [1.807, 2.05) is 30.3 Å². The molecule has 0 amide bonds. The molecule has 0 saturated carbocycles. The standard InChI is InChI=1S/C20H16F3N5O/c21-20(22,23)15-6-7-16(29-10-13-4-2-1-3-5-13)14(8-15)9-24-18-17-19(26-11-25-17)28-12-27-18/h1-8,11-12H,9-10H2,(H2,24,25,26,27,28). The van der Waals surface area contributed by atoms with Crippen LogP contribution in [-0.4, -0.2) is 19.9 Å². The number of nitrogens with one attached hydrogen (secondary N) is 2. The number of H-pyrrole nitrogens is 1. The summed E-state index contributed by atoms with van der Waals surface area (Å²) in [6.07, 6.45) is -1.63. The lowest BCUT2D eigenvalue weighted by atomic mass is 10.1. The van der Waals surface area contributed by atoms with Gasteiger partial charge in [-0.2, -0.15) is 13.2 Å². The lowest BCUT2D eigenvalue weighted by Gasteiger charge is -2.15. The first-order valence-corrected chi connectivity index (χ1v) is 8.75. The highest BCUT2D eigenvalue weighted by atomic mass is 19.4. The average molecular weight is 399 g/mol. The zero-order valence-corrected chi connectivity index (χ0v) is 15.1. The molecule has 0 bridgehead atoms. The van der Waals surface area contributed by atoms with Crippen molar-refractivity contribution in [2.45, 2.75) is 19.3 Å². The van der Waals surface area contributed by atoms with E-state index >= 15 is 0 Å². The number of benzene rings is 2. The Balaban J connectivity index is 1.59. The van der Waals surface area contributed by atoms with Gasteiger partial charge in [0.15, 0.2) is 11.5 Å². The number of fused-ring (bicyclic) bond motifs is 1. The van der Waals surface area contributed by atoms with E-state index in [9.17, 15) is 13.2 Å². The molecule has 0 aliphatic rings. The molecule has 29 heavy (non-hydrogen) atoms. The topological polar surface area (TPSA) is 75.7 Å². The van der Waals surface area contributed by atoms with E-state index in [1.165, 1.54) is 18.7 Å². The molecule has 0 saturated heterocycles. The molecule has 0 aliphatic heterocycles. The van der Waals surface area contributed by atoms with Crippen molar-refractivity contribution in [1.29, 1.82) is 0 Å². The Hall–Kier alpha value is -3.62. The van der Waals surface area contributed by atoms with Gasteiger partial charge < -0.3 is 15.0 Å². The van der Waals surface area contributed by atoms with Crippen LogP contribution in [0.4, 0.5) is 19.0 Å². The van der Waals surface area contributed by atoms with Gasteiger partial charge in [-0.15, -0.1) is 0 Å². The van der Waals surface area contributed by atoms with Gasteiger partial charge in [0, 0.05) is 12.1 Å². The predicted octanol–water partition coefficient (Wildman–Crippen LogP) is 4.56. The Morgan fingerprint density at radius 3 is 2.62 bits per heavy atom. The molecule has 0 radical (unpaired) electrons. The number of hydrogen-bond acceptors (Lipinski definition) is 5. The molecule has 4 rings (SSSR count). The number of aromatic amines is 1. The third kappa shape index (κ3) is 4.29. The Labute approximate surface area is 163 Å². The number of ether oxygens (including phenoxy) is 1. The maximum Gasteiger partial charge on any atom is 0.416 e. The minimum Gasteiger partial charge on any atom is -0.489 e. The summed E-state index contributed by atoms with van der Waals surface area (Å²) in [7, 11) is 0. The molecule has 0 spiro atoms. The summed E-state index contributed by atoms with van der Waals surface area (Å²) < 4.78 is 45.3. The highest BCUT2D eigenvalue weighted by Gasteiger charge is 2.31. The number of alkyl halides is 3. The summed E-state index contributed by atoms with van der Waals surface area (Å²) in [6, 6.07) is 12.8. The number of anilines is 1. The molecule has 9 heteroatoms. The summed E-state index contributed by atoms with van der Waals surface area (Å²) in [6.45, 7) is 0.330. The predicted molar refractivity (Wildman–Crippen MR) is 101 cm³/mol. The molecule has 0 fully saturated rings. The van der Waals surface area contributed by atoms with Crippen LogP contribution in [0.15, 0.2) is 61.2 Å². The molecule has 2 aromatic heterocycles. The summed E-state index contributed by atoms with van der Waals surface area (Å²) >= 11 is 0. The van der Waals surface area contributed by atoms with E-state index in [4.69, 9.17) is 4.74 Å². The molecule has 0 unspecified atom stereocenters. The van der Waals surface area contributed by atoms with Crippen LogP contribution in [0.2, 0.25) is 0 Å². The van der Waals surface area contributed by atoms with E-state index in [-0.39, 0.29) is 13.2 Å². The van der Waals surface area contributed by atoms with Crippen LogP contribution in [0, 0.1) is 0 Å². The molecule has 2 aromatic carbocycles. The smallest absolute Gasteiger partial charge is 0.416 e. The number of rotatable bonds is 6. The van der Waals surface area contributed by atoms with Gasteiger partial charge in [-0.3, -0.25) is 0 Å². The van der Waals surface area contributed by atoms with E-state index in [0.29, 0.717) is 28.3 Å². The summed E-state index contributed by atoms with van der Waals surface area (Å²) in [4.78, 5) is 15.1. The lowest BCUT2D eigenvalue weighted by molar-refractivity contribution is -0.137. The second-order valence-electron chi connectivity index (χ2n) is 6.27. The third-order valence-electron chi connectivity index (χ3n) is 4.29. The van der Waals surface area contributed by atoms with Gasteiger partial charge in [-0.05, 0) is 23.8 Å². The van der Waals surface area contributed by atoms with Gasteiger partial charge in [0.1, 0.15) is 24.2 Å². The van der Waals surface area contributed by atoms with Crippen LogP contribution in [0.3, 0.4) is 0 Å². The Morgan fingerprint density at radius 2 is 1.83 bits per heavy atom. The van der Waals surface area contributed by atoms with Crippen molar-refractivity contribution in [1.82, 2.24) is 19.9 Å². The third-order valence-corrected chi connectivity index (χ3v) is 4.29. The fourth-order valence-corrected chi connectivity index (χ4v) is 2.85. The number of hydrogen-bond donors (Lipinski definition) is 2. The highest BCUT2D eigenvalue weighted by molar-refractivity contribution is 5.81. The maximum atomic E-state index is 13.2. The molecule has 2 N–H and O–H groups in total. The summed E-state index contributed by atoms with van der Waals surface area (Å²) in [5, 5.41) is 3.04. The Morgan fingerprint density at radius 1 is 1.00 bits per heavy atom. The largest absolute Gasteiger partial charge is 0.489 e. The molecule has 0 atom stereocenters. The van der Waals surface area contributed by atoms with Crippen LogP contribution >= 0.6 is 0 Å². The zero-order valence-electron chi connectivity index (χ0n) is 15.1. The van der Waals surface area contributed by atoms with Crippen molar-refractivity contribution in [3.8, 4) is 5.75 Å². The van der Waals surface area contributed by atoms with Gasteiger partial charge in [0.25, 0.3) is 0 Å². The van der Waals surface area contributed by atoms with E-state index in [2.05, 4.69) is 25.3 Å². The molecule has 6 nitrogen and oxygen atoms in total. The number of aromatic nitrogens is 4. The molecule has 4 aromatic rings. The fraction of sp³-hybridized carbons (Fsp3) is 0.150. The summed E-state index contributed by atoms with van der Waals surface area (Å²) in [5.41, 5.74) is 1.58. The fourth-order valence-electron chi connectivity index (χ4n) is 2.85. The van der Waals surface area contributed by atoms with E-state index < -0.39 is 11.7 Å². The van der Waals surface area contributed by atoms with Crippen molar-refractivity contribution in [3.63, 3.8) is 0 Å². The van der Waals surface area contributed by atoms with Crippen LogP contribution in [0.5, 0.6) is 5.75 Å². The SMILES string of the molecule is FC(F)(F)c1ccc(OCc2ccccc2)c(CNc2ncnc3nc[nH]c23)c1. The second-order valence-corrected chi connectivity index (χ2v) is 6.27. The van der Waals surface area contributed by atoms with Crippen LogP contribution in [0.25, 0.3) is 11.2 Å². The first-order chi connectivity index (χ1) is 14.0. The number of imidazole rings is 1. The minimum atomic E-state index is -4.45. The first-order valence-electron chi connectivity index (χ1n) is 8.75. The molecule has 148 valence electrons. The first kappa shape index (κ1) is 18.7. The average Bonchev–Trinajstić information content (AvgIpc) is 3.20. The van der Waals surface area contributed by atoms with Crippen LogP contribution in [0.1, 0.15) is 16.7 Å². The van der Waals surface area contributed by atoms with Crippen LogP contribution in [-0.2, 0) is 19.3 Å². The zero-order chi connectivity index (χ0) is 20.3. The van der Waals surface area contributed by atoms with Crippen LogP contribution < -0.4 is 10.1 Å². The highest BCUT2D eigenvalue weighted by Crippen LogP contribution is 2.33. The quantitative estimate of drug-likeness (QED) is 0.497. The number of halogens is 3. The molecule has 2 heterocycles. The number of nitrogens with zero attached hydrogens (tertiary/aromatic N) is 3. The lowest BCUT2D eigenvalue weighted by Crippen LogP contribution is -2.10. The molecule has 0 aliphatic carbocycles. The van der Waals surface area contributed by atoms with E-state index in [1.54, 1.807) is 0 Å². The Kier molecular flexibility index (Phi) is 5.03. The maximum absolute atomic E-state index is 13.2. The van der Waals surface area contributed by atoms with Gasteiger partial charge in [0.05, 0.1) is 11.9 Å². The monoisotopic (exact) mass is 399 g/mol. The normalized spacial score (nSPS) is 11.6. The van der Waals surface area contributed by atoms with Crippen molar-refractivity contribution >= 4 is 17.0 Å². The van der Waals surface area contributed by atoms with Crippen molar-refractivity contribution in [2.24, 2.45) is 0 Å². The summed E-state index contributed by atoms with van der Waals surface area (Å²) in [5.74, 6) is 0.809. The van der Waals surface area contributed by atoms with Gasteiger partial charge in [-0.25, -0.2) is 15.0 Å². The van der Waals surface area contributed by atoms with Gasteiger partial charge in [0.2, 0.25) is 0 Å². The van der Waals surface area contributed by atoms with E-state index in [0.717, 1.165) is 17.7 Å². The van der Waals surface area contributed by atoms with Gasteiger partial charge in [-0.1, -0.05) is 30.3 Å². The van der Waals surface area contributed by atoms with Crippen molar-refractivity contribution in [3.05, 3.63) is 77.9 Å². The van der Waals surface area contributed by atoms with Gasteiger partial charge >= 0.3 is 6.18 Å². The molecular formula is C20H16F3N5O. The minimum absolute atomic E-state index is 0.0825. The van der Waals surface area contributed by atoms with Crippen molar-refractivity contribution < 1.29 is 17.9 Å². The van der Waals surface area contributed by atoms with Crippen molar-refractivity contribution in [2.75, 3.05) is 5.32 Å². The molecular weight excluding hydrogens is 383 g/mol. The Bertz CT molecular complexity index is 1110. The second kappa shape index (κ2) is 7.78.